The molecule has 1 heterocycles. The number of nitrogens with two attached hydrogens (primary N) is 1. The molecule has 8 heteroatoms. The summed E-state index contributed by atoms with van der Waals surface area (Å²) in [5.74, 6) is 0.690. The Bertz CT molecular complexity index is 1660. The fraction of sp³-hybridized carbons (Fsp3) is 0.176. The number of hydrogen-bond donors (Lipinski definition) is 1. The van der Waals surface area contributed by atoms with Crippen LogP contribution in [-0.2, 0) is 11.4 Å². The topological polar surface area (TPSA) is 104 Å². The van der Waals surface area contributed by atoms with Gasteiger partial charge in [0.25, 0.3) is 0 Å². The molecule has 0 aliphatic carbocycles. The van der Waals surface area contributed by atoms with E-state index in [0.29, 0.717) is 28.7 Å². The molecule has 4 aromatic rings. The Hall–Kier alpha value is -5.29. The summed E-state index contributed by atoms with van der Waals surface area (Å²) in [6, 6.07) is 28.1. The monoisotopic (exact) mass is 564 g/mol. The summed E-state index contributed by atoms with van der Waals surface area (Å²) in [5.41, 5.74) is 9.84. The molecule has 0 bridgehead atoms. The average Bonchev–Trinajstić information content (AvgIpc) is 2.99. The number of nitriles is 1. The van der Waals surface area contributed by atoms with Crippen LogP contribution in [0.5, 0.6) is 23.0 Å². The molecule has 5 rings (SSSR count). The van der Waals surface area contributed by atoms with Crippen LogP contribution in [-0.4, -0.2) is 12.6 Å². The van der Waals surface area contributed by atoms with E-state index in [4.69, 9.17) is 24.7 Å². The first-order valence-electron chi connectivity index (χ1n) is 13.4. The summed E-state index contributed by atoms with van der Waals surface area (Å²) in [6.45, 7) is 4.18. The van der Waals surface area contributed by atoms with Crippen LogP contribution in [0.25, 0.3) is 0 Å². The molecule has 0 amide bonds. The van der Waals surface area contributed by atoms with E-state index in [9.17, 15) is 14.4 Å². The molecule has 2 N–H and O–H groups in total. The van der Waals surface area contributed by atoms with E-state index < -0.39 is 11.9 Å². The zero-order chi connectivity index (χ0) is 29.6. The first-order valence-corrected chi connectivity index (χ1v) is 13.4. The summed E-state index contributed by atoms with van der Waals surface area (Å²) in [4.78, 5) is 12.5. The molecular weight excluding hydrogens is 535 g/mol. The minimum atomic E-state index is -0.581. The number of carbonyl (C=O) groups excluding carboxylic acids is 1. The van der Waals surface area contributed by atoms with Crippen molar-refractivity contribution in [3.8, 4) is 29.1 Å². The van der Waals surface area contributed by atoms with Crippen LogP contribution in [0, 0.1) is 17.1 Å². The first kappa shape index (κ1) is 28.2. The minimum Gasteiger partial charge on any atom is -0.489 e. The number of esters is 1. The number of allylic oxidation sites excluding steroid dienone is 1. The number of hydrogen-bond acceptors (Lipinski definition) is 7. The van der Waals surface area contributed by atoms with Gasteiger partial charge in [-0.05, 0) is 65.1 Å². The fourth-order valence-corrected chi connectivity index (χ4v) is 4.63. The Morgan fingerprint density at radius 3 is 2.40 bits per heavy atom. The van der Waals surface area contributed by atoms with E-state index in [1.165, 1.54) is 17.7 Å². The van der Waals surface area contributed by atoms with Crippen molar-refractivity contribution in [2.45, 2.75) is 32.3 Å². The predicted octanol–water partition coefficient (Wildman–Crippen LogP) is 6.73. The molecule has 0 fully saturated rings. The van der Waals surface area contributed by atoms with Crippen LogP contribution < -0.4 is 24.7 Å². The Morgan fingerprint density at radius 1 is 0.952 bits per heavy atom. The quantitative estimate of drug-likeness (QED) is 0.178. The lowest BCUT2D eigenvalue weighted by molar-refractivity contribution is -0.136. The number of halogens is 1. The maximum absolute atomic E-state index is 13.2. The van der Waals surface area contributed by atoms with Crippen LogP contribution in [0.1, 0.15) is 47.9 Å². The summed E-state index contributed by atoms with van der Waals surface area (Å²) < 4.78 is 36.0. The summed E-state index contributed by atoms with van der Waals surface area (Å²) >= 11 is 0. The average molecular weight is 565 g/mol. The van der Waals surface area contributed by atoms with E-state index in [-0.39, 0.29) is 36.2 Å². The number of rotatable bonds is 9. The Kier molecular flexibility index (Phi) is 8.39. The van der Waals surface area contributed by atoms with Gasteiger partial charge in [0.2, 0.25) is 5.88 Å². The van der Waals surface area contributed by atoms with Crippen molar-refractivity contribution in [3.63, 3.8) is 0 Å². The van der Waals surface area contributed by atoms with Gasteiger partial charge in [-0.1, -0.05) is 56.3 Å². The molecule has 7 nitrogen and oxygen atoms in total. The van der Waals surface area contributed by atoms with Crippen LogP contribution >= 0.6 is 0 Å². The highest BCUT2D eigenvalue weighted by molar-refractivity contribution is 5.74. The van der Waals surface area contributed by atoms with Crippen LogP contribution in [0.2, 0.25) is 0 Å². The highest BCUT2D eigenvalue weighted by Gasteiger charge is 2.31. The summed E-state index contributed by atoms with van der Waals surface area (Å²) in [6.07, 6.45) is 0. The molecule has 1 aliphatic heterocycles. The number of ether oxygens (including phenoxy) is 4. The van der Waals surface area contributed by atoms with Gasteiger partial charge >= 0.3 is 5.97 Å². The van der Waals surface area contributed by atoms with Crippen molar-refractivity contribution in [1.29, 1.82) is 5.26 Å². The van der Waals surface area contributed by atoms with Crippen LogP contribution in [0.3, 0.4) is 0 Å². The molecule has 0 aromatic heterocycles. The van der Waals surface area contributed by atoms with Crippen molar-refractivity contribution < 1.29 is 28.1 Å². The van der Waals surface area contributed by atoms with Crippen LogP contribution in [0.4, 0.5) is 4.39 Å². The largest absolute Gasteiger partial charge is 0.489 e. The Morgan fingerprint density at radius 2 is 1.69 bits per heavy atom. The van der Waals surface area contributed by atoms with Gasteiger partial charge in [-0.15, -0.1) is 0 Å². The molecule has 0 saturated heterocycles. The zero-order valence-corrected chi connectivity index (χ0v) is 23.2. The van der Waals surface area contributed by atoms with Gasteiger partial charge < -0.3 is 24.7 Å². The third kappa shape index (κ3) is 6.53. The summed E-state index contributed by atoms with van der Waals surface area (Å²) in [7, 11) is 0. The first-order chi connectivity index (χ1) is 20.3. The van der Waals surface area contributed by atoms with E-state index in [0.717, 1.165) is 11.1 Å². The lowest BCUT2D eigenvalue weighted by Crippen LogP contribution is -2.21. The van der Waals surface area contributed by atoms with Gasteiger partial charge in [0.15, 0.2) is 6.61 Å². The predicted molar refractivity (Wildman–Crippen MR) is 155 cm³/mol. The minimum absolute atomic E-state index is 0.0377. The van der Waals surface area contributed by atoms with E-state index >= 15 is 0 Å². The molecule has 4 aromatic carbocycles. The zero-order valence-electron chi connectivity index (χ0n) is 23.2. The maximum atomic E-state index is 13.2. The van der Waals surface area contributed by atoms with Crippen molar-refractivity contribution >= 4 is 5.97 Å². The molecule has 0 saturated carbocycles. The molecule has 1 unspecified atom stereocenters. The molecule has 1 aliphatic rings. The van der Waals surface area contributed by atoms with Crippen LogP contribution in [0.15, 0.2) is 102 Å². The number of benzene rings is 4. The van der Waals surface area contributed by atoms with Gasteiger partial charge in [0, 0.05) is 11.6 Å². The normalized spacial score (nSPS) is 14.0. The lowest BCUT2D eigenvalue weighted by atomic mass is 9.83. The van der Waals surface area contributed by atoms with E-state index in [2.05, 4.69) is 19.9 Å². The fourth-order valence-electron chi connectivity index (χ4n) is 4.63. The second-order valence-electron chi connectivity index (χ2n) is 10.1. The third-order valence-corrected chi connectivity index (χ3v) is 6.84. The van der Waals surface area contributed by atoms with E-state index in [1.54, 1.807) is 36.4 Å². The van der Waals surface area contributed by atoms with Crippen molar-refractivity contribution in [2.24, 2.45) is 5.73 Å². The van der Waals surface area contributed by atoms with E-state index in [1.807, 2.05) is 42.5 Å². The molecule has 0 spiro atoms. The van der Waals surface area contributed by atoms with Crippen molar-refractivity contribution in [1.82, 2.24) is 0 Å². The molecule has 0 radical (unpaired) electrons. The molecule has 1 atom stereocenters. The smallest absolute Gasteiger partial charge is 0.349 e. The number of nitrogens with zero attached hydrogens (tertiary/aromatic N) is 1. The van der Waals surface area contributed by atoms with Gasteiger partial charge in [0.1, 0.15) is 47.1 Å². The second kappa shape index (κ2) is 12.5. The SMILES string of the molecule is CC(C)c1ccc(OCC(=O)Oc2ccc3c(c2)OC(N)=C(C#N)C3c2cccc(OCc3ccc(F)cc3)c2)cc1. The Labute approximate surface area is 243 Å². The molecule has 212 valence electrons. The molecule has 42 heavy (non-hydrogen) atoms. The van der Waals surface area contributed by atoms with Crippen molar-refractivity contribution in [3.05, 3.63) is 131 Å². The Balaban J connectivity index is 1.30. The van der Waals surface area contributed by atoms with Gasteiger partial charge in [-0.2, -0.15) is 5.26 Å². The summed E-state index contributed by atoms with van der Waals surface area (Å²) in [5, 5.41) is 9.92. The standard InChI is InChI=1S/C34H29FN2O5/c1-21(2)23-8-12-26(13-9-23)40-20-32(38)41-28-14-15-29-31(17-28)42-34(37)30(18-36)33(29)24-4-3-5-27(16-24)39-19-22-6-10-25(35)11-7-22/h3-17,21,33H,19-20,37H2,1-2H3. The highest BCUT2D eigenvalue weighted by atomic mass is 19.1. The number of fused-ring (bicyclic) bond motifs is 1. The maximum Gasteiger partial charge on any atom is 0.349 e. The van der Waals surface area contributed by atoms with Crippen molar-refractivity contribution in [2.75, 3.05) is 6.61 Å². The van der Waals surface area contributed by atoms with Gasteiger partial charge in [-0.3, -0.25) is 0 Å². The lowest BCUT2D eigenvalue weighted by Gasteiger charge is -2.27. The second-order valence-corrected chi connectivity index (χ2v) is 10.1. The van der Waals surface area contributed by atoms with Gasteiger partial charge in [0.05, 0.1) is 5.92 Å². The third-order valence-electron chi connectivity index (χ3n) is 6.84. The molecular formula is C34H29FN2O5. The van der Waals surface area contributed by atoms with Gasteiger partial charge in [-0.25, -0.2) is 9.18 Å². The highest BCUT2D eigenvalue weighted by Crippen LogP contribution is 2.44. The number of carbonyl (C=O) groups is 1.